The standard InChI is InChI=1S/C21H33N5OS/c1-4-26-13-5-7-18(26)15-24-21(22-11-9-19-8-6-14-27-19)23-12-10-20-25-16(2)17(3)28-20/h6,8,14,18H,4-5,7,9-13,15H2,1-3H3,(H2,22,23,24). The van der Waals surface area contributed by atoms with Crippen molar-refractivity contribution in [1.82, 2.24) is 20.5 Å². The van der Waals surface area contributed by atoms with Crippen LogP contribution in [-0.2, 0) is 12.8 Å². The molecule has 2 aromatic heterocycles. The minimum atomic E-state index is 0.568. The van der Waals surface area contributed by atoms with Crippen LogP contribution in [0.25, 0.3) is 0 Å². The molecule has 0 amide bonds. The van der Waals surface area contributed by atoms with E-state index in [-0.39, 0.29) is 0 Å². The number of nitrogens with zero attached hydrogens (tertiary/aromatic N) is 3. The van der Waals surface area contributed by atoms with E-state index in [1.54, 1.807) is 17.6 Å². The van der Waals surface area contributed by atoms with Gasteiger partial charge in [0.05, 0.1) is 23.5 Å². The first-order valence-electron chi connectivity index (χ1n) is 10.4. The van der Waals surface area contributed by atoms with Crippen LogP contribution in [0.4, 0.5) is 0 Å². The number of thiazole rings is 1. The predicted octanol–water partition coefficient (Wildman–Crippen LogP) is 3.16. The quantitative estimate of drug-likeness (QED) is 0.497. The van der Waals surface area contributed by atoms with Crippen LogP contribution >= 0.6 is 11.3 Å². The average molecular weight is 404 g/mol. The van der Waals surface area contributed by atoms with Crippen molar-refractivity contribution in [1.29, 1.82) is 0 Å². The molecule has 0 aromatic carbocycles. The highest BCUT2D eigenvalue weighted by atomic mass is 32.1. The summed E-state index contributed by atoms with van der Waals surface area (Å²) in [6.07, 6.45) is 6.02. The Morgan fingerprint density at radius 1 is 1.32 bits per heavy atom. The van der Waals surface area contributed by atoms with E-state index in [9.17, 15) is 0 Å². The van der Waals surface area contributed by atoms with Gasteiger partial charge in [-0.05, 0) is 51.9 Å². The number of aryl methyl sites for hydroxylation is 2. The van der Waals surface area contributed by atoms with Crippen molar-refractivity contribution in [2.24, 2.45) is 4.99 Å². The van der Waals surface area contributed by atoms with Gasteiger partial charge < -0.3 is 15.1 Å². The maximum Gasteiger partial charge on any atom is 0.191 e. The lowest BCUT2D eigenvalue weighted by atomic mass is 10.2. The van der Waals surface area contributed by atoms with E-state index in [0.717, 1.165) is 56.4 Å². The van der Waals surface area contributed by atoms with Crippen LogP contribution in [0.2, 0.25) is 0 Å². The summed E-state index contributed by atoms with van der Waals surface area (Å²) < 4.78 is 5.42. The van der Waals surface area contributed by atoms with Gasteiger partial charge in [0.15, 0.2) is 5.96 Å². The second-order valence-electron chi connectivity index (χ2n) is 7.30. The van der Waals surface area contributed by atoms with E-state index in [0.29, 0.717) is 6.04 Å². The second kappa shape index (κ2) is 10.6. The van der Waals surface area contributed by atoms with Gasteiger partial charge in [0.2, 0.25) is 0 Å². The van der Waals surface area contributed by atoms with Gasteiger partial charge in [-0.15, -0.1) is 11.3 Å². The number of guanidine groups is 1. The molecule has 7 heteroatoms. The zero-order chi connectivity index (χ0) is 19.8. The Morgan fingerprint density at radius 3 is 2.82 bits per heavy atom. The molecule has 3 heterocycles. The number of hydrogen-bond acceptors (Lipinski definition) is 5. The monoisotopic (exact) mass is 403 g/mol. The molecule has 0 aliphatic carbocycles. The molecule has 1 fully saturated rings. The fourth-order valence-electron chi connectivity index (χ4n) is 3.58. The lowest BCUT2D eigenvalue weighted by Gasteiger charge is -2.21. The van der Waals surface area contributed by atoms with Gasteiger partial charge in [0.1, 0.15) is 5.76 Å². The second-order valence-corrected chi connectivity index (χ2v) is 8.58. The third-order valence-corrected chi connectivity index (χ3v) is 6.45. The summed E-state index contributed by atoms with van der Waals surface area (Å²) in [5, 5.41) is 8.14. The minimum absolute atomic E-state index is 0.568. The number of furan rings is 1. The van der Waals surface area contributed by atoms with Crippen molar-refractivity contribution in [3.8, 4) is 0 Å². The van der Waals surface area contributed by atoms with E-state index in [1.807, 2.05) is 12.1 Å². The number of aliphatic imine (C=N–C) groups is 1. The third-order valence-electron chi connectivity index (χ3n) is 5.31. The van der Waals surface area contributed by atoms with E-state index in [2.05, 4.69) is 41.3 Å². The molecule has 28 heavy (non-hydrogen) atoms. The van der Waals surface area contributed by atoms with Crippen LogP contribution in [0.15, 0.2) is 27.8 Å². The summed E-state index contributed by atoms with van der Waals surface area (Å²) in [5.41, 5.74) is 1.14. The van der Waals surface area contributed by atoms with Crippen LogP contribution in [0.5, 0.6) is 0 Å². The molecule has 0 radical (unpaired) electrons. The Balaban J connectivity index is 1.52. The Labute approximate surface area is 172 Å². The molecule has 0 bridgehead atoms. The van der Waals surface area contributed by atoms with Crippen molar-refractivity contribution in [2.45, 2.75) is 52.5 Å². The van der Waals surface area contributed by atoms with Gasteiger partial charge in [0.25, 0.3) is 0 Å². The van der Waals surface area contributed by atoms with Crippen molar-refractivity contribution < 1.29 is 4.42 Å². The highest BCUT2D eigenvalue weighted by Gasteiger charge is 2.22. The molecule has 2 N–H and O–H groups in total. The van der Waals surface area contributed by atoms with Gasteiger partial charge in [-0.3, -0.25) is 9.89 Å². The number of hydrogen-bond donors (Lipinski definition) is 2. The summed E-state index contributed by atoms with van der Waals surface area (Å²) in [7, 11) is 0. The topological polar surface area (TPSA) is 65.7 Å². The largest absolute Gasteiger partial charge is 0.469 e. The number of nitrogens with one attached hydrogen (secondary N) is 2. The molecule has 1 atom stereocenters. The summed E-state index contributed by atoms with van der Waals surface area (Å²) in [4.78, 5) is 13.4. The molecular formula is C21H33N5OS. The van der Waals surface area contributed by atoms with Gasteiger partial charge >= 0.3 is 0 Å². The summed E-state index contributed by atoms with van der Waals surface area (Å²) in [6.45, 7) is 11.2. The fraction of sp³-hybridized carbons (Fsp3) is 0.619. The van der Waals surface area contributed by atoms with E-state index >= 15 is 0 Å². The van der Waals surface area contributed by atoms with Crippen LogP contribution in [-0.4, -0.2) is 54.6 Å². The SMILES string of the molecule is CCN1CCCC1CN=C(NCCc1ccco1)NCCc1nc(C)c(C)s1. The van der Waals surface area contributed by atoms with Gasteiger partial charge in [0, 0.05) is 36.9 Å². The normalized spacial score (nSPS) is 18.0. The molecule has 0 spiro atoms. The number of likely N-dealkylation sites (N-methyl/N-ethyl adjacent to an activating group) is 1. The van der Waals surface area contributed by atoms with Crippen LogP contribution in [0.1, 0.15) is 41.1 Å². The van der Waals surface area contributed by atoms with Crippen molar-refractivity contribution in [3.05, 3.63) is 39.7 Å². The third kappa shape index (κ3) is 6.07. The van der Waals surface area contributed by atoms with E-state index in [4.69, 9.17) is 9.41 Å². The molecule has 154 valence electrons. The zero-order valence-corrected chi connectivity index (χ0v) is 18.1. The smallest absolute Gasteiger partial charge is 0.191 e. The summed E-state index contributed by atoms with van der Waals surface area (Å²) in [6, 6.07) is 4.51. The fourth-order valence-corrected chi connectivity index (χ4v) is 4.52. The molecular weight excluding hydrogens is 370 g/mol. The molecule has 1 saturated heterocycles. The maximum absolute atomic E-state index is 5.42. The minimum Gasteiger partial charge on any atom is -0.469 e. The molecule has 3 rings (SSSR count). The first-order chi connectivity index (χ1) is 13.7. The van der Waals surface area contributed by atoms with E-state index in [1.165, 1.54) is 29.3 Å². The Morgan fingerprint density at radius 2 is 2.14 bits per heavy atom. The molecule has 1 aliphatic rings. The van der Waals surface area contributed by atoms with Crippen LogP contribution < -0.4 is 10.6 Å². The van der Waals surface area contributed by atoms with E-state index < -0.39 is 0 Å². The highest BCUT2D eigenvalue weighted by molar-refractivity contribution is 7.11. The van der Waals surface area contributed by atoms with Crippen molar-refractivity contribution >= 4 is 17.3 Å². The molecule has 0 saturated carbocycles. The number of likely N-dealkylation sites (tertiary alicyclic amines) is 1. The first kappa shape index (κ1) is 20.9. The summed E-state index contributed by atoms with van der Waals surface area (Å²) in [5.74, 6) is 1.88. The van der Waals surface area contributed by atoms with Crippen LogP contribution in [0, 0.1) is 13.8 Å². The Kier molecular flexibility index (Phi) is 7.91. The van der Waals surface area contributed by atoms with Gasteiger partial charge in [-0.2, -0.15) is 0 Å². The Bertz CT molecular complexity index is 721. The Hall–Kier alpha value is -1.86. The predicted molar refractivity (Wildman–Crippen MR) is 116 cm³/mol. The molecule has 1 unspecified atom stereocenters. The zero-order valence-electron chi connectivity index (χ0n) is 17.3. The molecule has 2 aromatic rings. The number of rotatable bonds is 9. The average Bonchev–Trinajstić information content (AvgIpc) is 3.42. The van der Waals surface area contributed by atoms with Crippen molar-refractivity contribution in [2.75, 3.05) is 32.7 Å². The first-order valence-corrected chi connectivity index (χ1v) is 11.2. The van der Waals surface area contributed by atoms with Crippen molar-refractivity contribution in [3.63, 3.8) is 0 Å². The lowest BCUT2D eigenvalue weighted by Crippen LogP contribution is -2.41. The van der Waals surface area contributed by atoms with Gasteiger partial charge in [-0.1, -0.05) is 6.92 Å². The lowest BCUT2D eigenvalue weighted by molar-refractivity contribution is 0.273. The summed E-state index contributed by atoms with van der Waals surface area (Å²) >= 11 is 1.79. The van der Waals surface area contributed by atoms with Crippen LogP contribution in [0.3, 0.4) is 0 Å². The van der Waals surface area contributed by atoms with Gasteiger partial charge in [-0.25, -0.2) is 4.98 Å². The highest BCUT2D eigenvalue weighted by Crippen LogP contribution is 2.17. The number of aromatic nitrogens is 1. The maximum atomic E-state index is 5.42. The molecule has 1 aliphatic heterocycles. The molecule has 6 nitrogen and oxygen atoms in total.